The SMILES string of the molecule is Cc1ccc(C)c(NC(=O)/C(C#N)=C\c2cccc3ccccc23)c1. The molecule has 122 valence electrons. The number of fused-ring (bicyclic) bond motifs is 1. The average Bonchev–Trinajstić information content (AvgIpc) is 2.62. The van der Waals surface area contributed by atoms with Crippen LogP contribution in [0.3, 0.4) is 0 Å². The van der Waals surface area contributed by atoms with Gasteiger partial charge < -0.3 is 5.32 Å². The van der Waals surface area contributed by atoms with Gasteiger partial charge in [-0.3, -0.25) is 4.79 Å². The molecule has 1 amide bonds. The number of amides is 1. The van der Waals surface area contributed by atoms with Gasteiger partial charge in [-0.1, -0.05) is 54.6 Å². The number of carbonyl (C=O) groups excluding carboxylic acids is 1. The second-order valence-corrected chi connectivity index (χ2v) is 6.01. The number of rotatable bonds is 3. The van der Waals surface area contributed by atoms with Crippen LogP contribution in [0.1, 0.15) is 16.7 Å². The van der Waals surface area contributed by atoms with Crippen molar-refractivity contribution in [2.75, 3.05) is 5.32 Å². The summed E-state index contributed by atoms with van der Waals surface area (Å²) in [4.78, 5) is 12.5. The smallest absolute Gasteiger partial charge is 0.266 e. The number of nitriles is 1. The average molecular weight is 326 g/mol. The highest BCUT2D eigenvalue weighted by Crippen LogP contribution is 2.22. The van der Waals surface area contributed by atoms with Gasteiger partial charge in [-0.25, -0.2) is 0 Å². The molecule has 0 aliphatic carbocycles. The maximum Gasteiger partial charge on any atom is 0.266 e. The summed E-state index contributed by atoms with van der Waals surface area (Å²) < 4.78 is 0. The van der Waals surface area contributed by atoms with Gasteiger partial charge in [0, 0.05) is 5.69 Å². The van der Waals surface area contributed by atoms with Crippen molar-refractivity contribution in [2.45, 2.75) is 13.8 Å². The Kier molecular flexibility index (Phi) is 4.63. The van der Waals surface area contributed by atoms with Crippen molar-refractivity contribution >= 4 is 28.4 Å². The van der Waals surface area contributed by atoms with Gasteiger partial charge >= 0.3 is 0 Å². The van der Waals surface area contributed by atoms with E-state index in [9.17, 15) is 10.1 Å². The Balaban J connectivity index is 1.96. The number of anilines is 1. The monoisotopic (exact) mass is 326 g/mol. The molecule has 0 radical (unpaired) electrons. The lowest BCUT2D eigenvalue weighted by molar-refractivity contribution is -0.112. The number of benzene rings is 3. The van der Waals surface area contributed by atoms with E-state index in [1.54, 1.807) is 6.08 Å². The van der Waals surface area contributed by atoms with Crippen molar-refractivity contribution in [2.24, 2.45) is 0 Å². The van der Waals surface area contributed by atoms with E-state index in [1.165, 1.54) is 0 Å². The highest BCUT2D eigenvalue weighted by Gasteiger charge is 2.11. The van der Waals surface area contributed by atoms with Crippen molar-refractivity contribution in [3.8, 4) is 6.07 Å². The zero-order valence-corrected chi connectivity index (χ0v) is 14.2. The number of nitrogens with zero attached hydrogens (tertiary/aromatic N) is 1. The number of hydrogen-bond acceptors (Lipinski definition) is 2. The zero-order valence-electron chi connectivity index (χ0n) is 14.2. The summed E-state index contributed by atoms with van der Waals surface area (Å²) in [6, 6.07) is 21.6. The Labute approximate surface area is 147 Å². The molecule has 0 heterocycles. The molecule has 0 unspecified atom stereocenters. The second kappa shape index (κ2) is 7.02. The minimum atomic E-state index is -0.399. The highest BCUT2D eigenvalue weighted by molar-refractivity contribution is 6.11. The third kappa shape index (κ3) is 3.59. The summed E-state index contributed by atoms with van der Waals surface area (Å²) in [5.74, 6) is -0.399. The molecule has 0 aliphatic rings. The summed E-state index contributed by atoms with van der Waals surface area (Å²) in [5, 5.41) is 14.4. The maximum atomic E-state index is 12.5. The van der Waals surface area contributed by atoms with Crippen LogP contribution in [0.4, 0.5) is 5.69 Å². The molecule has 3 heteroatoms. The molecule has 0 saturated heterocycles. The first kappa shape index (κ1) is 16.5. The van der Waals surface area contributed by atoms with E-state index in [0.29, 0.717) is 0 Å². The van der Waals surface area contributed by atoms with E-state index >= 15 is 0 Å². The highest BCUT2D eigenvalue weighted by atomic mass is 16.1. The number of nitrogens with one attached hydrogen (secondary N) is 1. The van der Waals surface area contributed by atoms with Gasteiger partial charge in [-0.05, 0) is 53.5 Å². The normalized spacial score (nSPS) is 11.2. The minimum Gasteiger partial charge on any atom is -0.321 e. The summed E-state index contributed by atoms with van der Waals surface area (Å²) >= 11 is 0. The van der Waals surface area contributed by atoms with Crippen LogP contribution in [0.15, 0.2) is 66.2 Å². The van der Waals surface area contributed by atoms with Crippen molar-refractivity contribution < 1.29 is 4.79 Å². The van der Waals surface area contributed by atoms with Crippen LogP contribution in [-0.2, 0) is 4.79 Å². The third-order valence-corrected chi connectivity index (χ3v) is 4.13. The second-order valence-electron chi connectivity index (χ2n) is 6.01. The fourth-order valence-corrected chi connectivity index (χ4v) is 2.74. The van der Waals surface area contributed by atoms with Crippen LogP contribution >= 0.6 is 0 Å². The van der Waals surface area contributed by atoms with Crippen molar-refractivity contribution in [3.05, 3.63) is 82.9 Å². The quantitative estimate of drug-likeness (QED) is 0.544. The first-order chi connectivity index (χ1) is 12.1. The molecule has 3 rings (SSSR count). The summed E-state index contributed by atoms with van der Waals surface area (Å²) in [7, 11) is 0. The van der Waals surface area contributed by atoms with Crippen LogP contribution in [-0.4, -0.2) is 5.91 Å². The molecule has 0 spiro atoms. The van der Waals surface area contributed by atoms with Gasteiger partial charge in [-0.2, -0.15) is 5.26 Å². The van der Waals surface area contributed by atoms with Crippen molar-refractivity contribution in [3.63, 3.8) is 0 Å². The van der Waals surface area contributed by atoms with Gasteiger partial charge in [0.25, 0.3) is 5.91 Å². The van der Waals surface area contributed by atoms with Crippen LogP contribution in [0.25, 0.3) is 16.8 Å². The van der Waals surface area contributed by atoms with E-state index in [1.807, 2.05) is 80.6 Å². The van der Waals surface area contributed by atoms with Gasteiger partial charge in [0.1, 0.15) is 11.6 Å². The molecule has 0 atom stereocenters. The number of hydrogen-bond donors (Lipinski definition) is 1. The Morgan fingerprint density at radius 1 is 1.04 bits per heavy atom. The summed E-state index contributed by atoms with van der Waals surface area (Å²) in [6.07, 6.45) is 1.64. The van der Waals surface area contributed by atoms with Crippen LogP contribution in [0, 0.1) is 25.2 Å². The molecule has 0 saturated carbocycles. The Bertz CT molecular complexity index is 1020. The van der Waals surface area contributed by atoms with Gasteiger partial charge in [-0.15, -0.1) is 0 Å². The molecule has 0 aromatic heterocycles. The fraction of sp³-hybridized carbons (Fsp3) is 0.0909. The molecular formula is C22H18N2O. The largest absolute Gasteiger partial charge is 0.321 e. The minimum absolute atomic E-state index is 0.0808. The maximum absolute atomic E-state index is 12.5. The Hall–Kier alpha value is -3.38. The number of carbonyl (C=O) groups is 1. The lowest BCUT2D eigenvalue weighted by Gasteiger charge is -2.09. The van der Waals surface area contributed by atoms with Crippen LogP contribution in [0.2, 0.25) is 0 Å². The van der Waals surface area contributed by atoms with Gasteiger partial charge in [0.05, 0.1) is 0 Å². The number of aryl methyl sites for hydroxylation is 2. The fourth-order valence-electron chi connectivity index (χ4n) is 2.74. The standard InChI is InChI=1S/C22H18N2O/c1-15-10-11-16(2)21(12-15)24-22(25)19(14-23)13-18-8-5-7-17-6-3-4-9-20(17)18/h3-13H,1-2H3,(H,24,25)/b19-13-. The van der Waals surface area contributed by atoms with Gasteiger partial charge in [0.15, 0.2) is 0 Å². The van der Waals surface area contributed by atoms with E-state index < -0.39 is 5.91 Å². The van der Waals surface area contributed by atoms with Crippen molar-refractivity contribution in [1.82, 2.24) is 0 Å². The van der Waals surface area contributed by atoms with Gasteiger partial charge in [0.2, 0.25) is 0 Å². The Morgan fingerprint density at radius 3 is 2.60 bits per heavy atom. The predicted molar refractivity (Wildman–Crippen MR) is 102 cm³/mol. The van der Waals surface area contributed by atoms with Crippen molar-refractivity contribution in [1.29, 1.82) is 5.26 Å². The lowest BCUT2D eigenvalue weighted by Crippen LogP contribution is -2.14. The van der Waals surface area contributed by atoms with Crippen LogP contribution < -0.4 is 5.32 Å². The first-order valence-corrected chi connectivity index (χ1v) is 8.06. The molecule has 1 N–H and O–H groups in total. The zero-order chi connectivity index (χ0) is 17.8. The van der Waals surface area contributed by atoms with E-state index in [-0.39, 0.29) is 5.57 Å². The molecule has 25 heavy (non-hydrogen) atoms. The summed E-state index contributed by atoms with van der Waals surface area (Å²) in [6.45, 7) is 3.89. The van der Waals surface area contributed by atoms with Crippen LogP contribution in [0.5, 0.6) is 0 Å². The third-order valence-electron chi connectivity index (χ3n) is 4.13. The van der Waals surface area contributed by atoms with E-state index in [4.69, 9.17) is 0 Å². The topological polar surface area (TPSA) is 52.9 Å². The molecular weight excluding hydrogens is 308 g/mol. The molecule has 0 aliphatic heterocycles. The van der Waals surface area contributed by atoms with E-state index in [2.05, 4.69) is 5.32 Å². The summed E-state index contributed by atoms with van der Waals surface area (Å²) in [5.41, 5.74) is 3.67. The Morgan fingerprint density at radius 2 is 1.80 bits per heavy atom. The predicted octanol–water partition coefficient (Wildman–Crippen LogP) is 5.00. The van der Waals surface area contributed by atoms with E-state index in [0.717, 1.165) is 33.2 Å². The molecule has 0 bridgehead atoms. The molecule has 3 aromatic rings. The lowest BCUT2D eigenvalue weighted by atomic mass is 10.0. The molecule has 3 aromatic carbocycles. The first-order valence-electron chi connectivity index (χ1n) is 8.06. The molecule has 3 nitrogen and oxygen atoms in total. The molecule has 0 fully saturated rings.